The first-order valence-electron chi connectivity index (χ1n) is 16.1. The Balaban J connectivity index is 1.54. The largest absolute Gasteiger partial charge is 0.394 e. The van der Waals surface area contributed by atoms with Gasteiger partial charge in [-0.1, -0.05) is 90.4 Å². The maximum absolute atomic E-state index is 10.6. The normalized spacial score (nSPS) is 33.7. The molecule has 7 N–H and O–H groups in total. The van der Waals surface area contributed by atoms with E-state index in [9.17, 15) is 35.7 Å². The molecule has 0 aliphatic carbocycles. The van der Waals surface area contributed by atoms with E-state index in [0.717, 1.165) is 12.8 Å². The highest BCUT2D eigenvalue weighted by Gasteiger charge is 2.50. The van der Waals surface area contributed by atoms with Gasteiger partial charge in [0, 0.05) is 6.61 Å². The van der Waals surface area contributed by atoms with Crippen molar-refractivity contribution in [2.45, 2.75) is 158 Å². The van der Waals surface area contributed by atoms with Crippen molar-refractivity contribution in [1.29, 1.82) is 0 Å². The second-order valence-corrected chi connectivity index (χ2v) is 11.6. The van der Waals surface area contributed by atoms with E-state index in [4.69, 9.17) is 23.7 Å². The molecule has 0 radical (unpaired) electrons. The minimum Gasteiger partial charge on any atom is -0.394 e. The minimum absolute atomic E-state index is 0.101. The molecule has 2 rings (SSSR count). The van der Waals surface area contributed by atoms with Crippen molar-refractivity contribution < 1.29 is 59.4 Å². The molecular formula is C30H58O12. The van der Waals surface area contributed by atoms with Gasteiger partial charge in [-0.25, -0.2) is 0 Å². The van der Waals surface area contributed by atoms with Gasteiger partial charge < -0.3 is 59.4 Å². The first-order chi connectivity index (χ1) is 20.3. The third-order valence-electron chi connectivity index (χ3n) is 8.11. The van der Waals surface area contributed by atoms with Crippen LogP contribution in [0.4, 0.5) is 0 Å². The number of aliphatic hydroxyl groups is 7. The van der Waals surface area contributed by atoms with Gasteiger partial charge in [-0.2, -0.15) is 0 Å². The smallest absolute Gasteiger partial charge is 0.187 e. The predicted octanol–water partition coefficient (Wildman–Crippen LogP) is 1.13. The van der Waals surface area contributed by atoms with Crippen LogP contribution in [0.25, 0.3) is 0 Å². The molecule has 2 aliphatic heterocycles. The molecule has 10 atom stereocenters. The molecule has 250 valence electrons. The van der Waals surface area contributed by atoms with Crippen LogP contribution >= 0.6 is 0 Å². The SMILES string of the molecule is CCCCCCCCCCCCCCCCOCCO[C@@H]1O[C@H](CO)[C@@H](O[C@@H]2O[C@H](CO)[C@H](O)[C@H](O)[C@H]2O)[C@H](O)[C@H]1O. The van der Waals surface area contributed by atoms with E-state index < -0.39 is 74.6 Å². The van der Waals surface area contributed by atoms with Crippen molar-refractivity contribution in [2.75, 3.05) is 33.0 Å². The number of hydrogen-bond acceptors (Lipinski definition) is 12. The molecule has 42 heavy (non-hydrogen) atoms. The van der Waals surface area contributed by atoms with E-state index in [1.165, 1.54) is 77.0 Å². The average molecular weight is 611 g/mol. The molecule has 12 heteroatoms. The van der Waals surface area contributed by atoms with E-state index in [1.807, 2.05) is 0 Å². The molecule has 2 fully saturated rings. The van der Waals surface area contributed by atoms with Crippen LogP contribution in [-0.4, -0.2) is 130 Å². The van der Waals surface area contributed by atoms with Crippen molar-refractivity contribution >= 4 is 0 Å². The van der Waals surface area contributed by atoms with Crippen LogP contribution < -0.4 is 0 Å². The predicted molar refractivity (Wildman–Crippen MR) is 153 cm³/mol. The molecule has 0 saturated carbocycles. The lowest BCUT2D eigenvalue weighted by molar-refractivity contribution is -0.359. The van der Waals surface area contributed by atoms with E-state index >= 15 is 0 Å². The maximum atomic E-state index is 10.6. The fourth-order valence-corrected chi connectivity index (χ4v) is 5.42. The number of ether oxygens (including phenoxy) is 5. The molecule has 0 spiro atoms. The molecule has 12 nitrogen and oxygen atoms in total. The Morgan fingerprint density at radius 2 is 1.00 bits per heavy atom. The van der Waals surface area contributed by atoms with Gasteiger partial charge in [0.05, 0.1) is 26.4 Å². The fraction of sp³-hybridized carbons (Fsp3) is 1.00. The number of aliphatic hydroxyl groups excluding tert-OH is 7. The van der Waals surface area contributed by atoms with Gasteiger partial charge in [0.2, 0.25) is 0 Å². The third-order valence-corrected chi connectivity index (χ3v) is 8.11. The molecule has 2 aliphatic rings. The minimum atomic E-state index is -1.71. The van der Waals surface area contributed by atoms with Crippen LogP contribution in [0, 0.1) is 0 Å². The zero-order valence-electron chi connectivity index (χ0n) is 25.4. The molecule has 2 heterocycles. The Bertz CT molecular complexity index is 654. The van der Waals surface area contributed by atoms with Crippen molar-refractivity contribution in [3.05, 3.63) is 0 Å². The van der Waals surface area contributed by atoms with Gasteiger partial charge in [0.15, 0.2) is 12.6 Å². The lowest BCUT2D eigenvalue weighted by atomic mass is 9.97. The summed E-state index contributed by atoms with van der Waals surface area (Å²) in [5, 5.41) is 70.4. The Hall–Kier alpha value is -0.480. The number of hydrogen-bond donors (Lipinski definition) is 7. The zero-order valence-corrected chi connectivity index (χ0v) is 25.4. The van der Waals surface area contributed by atoms with Gasteiger partial charge in [-0.3, -0.25) is 0 Å². The summed E-state index contributed by atoms with van der Waals surface area (Å²) in [5.74, 6) is 0. The topological polar surface area (TPSA) is 188 Å². The summed E-state index contributed by atoms with van der Waals surface area (Å²) in [4.78, 5) is 0. The number of rotatable bonds is 23. The standard InChI is InChI=1S/C30H58O12/c1-2-3-4-5-6-7-8-9-10-11-12-13-14-15-16-38-17-18-39-29-27(37)25(35)28(22(20-32)41-29)42-30-26(36)24(34)23(33)21(19-31)40-30/h21-37H,2-20H2,1H3/t21-,22-,23+,24+,25-,26-,27-,28-,29-,30+/m1/s1. The first-order valence-corrected chi connectivity index (χ1v) is 16.1. The molecule has 0 unspecified atom stereocenters. The molecule has 0 aromatic rings. The maximum Gasteiger partial charge on any atom is 0.187 e. The van der Waals surface area contributed by atoms with Gasteiger partial charge in [-0.15, -0.1) is 0 Å². The summed E-state index contributed by atoms with van der Waals surface area (Å²) < 4.78 is 27.6. The monoisotopic (exact) mass is 610 g/mol. The molecule has 0 amide bonds. The van der Waals surface area contributed by atoms with Gasteiger partial charge in [0.1, 0.15) is 48.8 Å². The zero-order chi connectivity index (χ0) is 30.7. The second-order valence-electron chi connectivity index (χ2n) is 11.6. The Labute approximate surface area is 250 Å². The third kappa shape index (κ3) is 12.9. The van der Waals surface area contributed by atoms with Gasteiger partial charge in [-0.05, 0) is 6.42 Å². The molecule has 0 bridgehead atoms. The highest BCUT2D eigenvalue weighted by Crippen LogP contribution is 2.29. The lowest BCUT2D eigenvalue weighted by Gasteiger charge is -2.45. The van der Waals surface area contributed by atoms with Crippen molar-refractivity contribution in [3.8, 4) is 0 Å². The van der Waals surface area contributed by atoms with E-state index in [2.05, 4.69) is 6.92 Å². The Morgan fingerprint density at radius 1 is 0.500 bits per heavy atom. The fourth-order valence-electron chi connectivity index (χ4n) is 5.42. The quantitative estimate of drug-likeness (QED) is 0.0819. The van der Waals surface area contributed by atoms with Crippen LogP contribution in [0.3, 0.4) is 0 Å². The summed E-state index contributed by atoms with van der Waals surface area (Å²) >= 11 is 0. The van der Waals surface area contributed by atoms with E-state index in [0.29, 0.717) is 6.61 Å². The summed E-state index contributed by atoms with van der Waals surface area (Å²) in [7, 11) is 0. The van der Waals surface area contributed by atoms with Crippen molar-refractivity contribution in [1.82, 2.24) is 0 Å². The molecule has 2 saturated heterocycles. The van der Waals surface area contributed by atoms with Crippen LogP contribution in [0.1, 0.15) is 96.8 Å². The average Bonchev–Trinajstić information content (AvgIpc) is 2.99. The van der Waals surface area contributed by atoms with E-state index in [1.54, 1.807) is 0 Å². The van der Waals surface area contributed by atoms with Crippen LogP contribution in [0.2, 0.25) is 0 Å². The summed E-state index contributed by atoms with van der Waals surface area (Å²) in [6, 6.07) is 0. The van der Waals surface area contributed by atoms with Gasteiger partial charge >= 0.3 is 0 Å². The highest BCUT2D eigenvalue weighted by atomic mass is 16.7. The van der Waals surface area contributed by atoms with Crippen molar-refractivity contribution in [3.63, 3.8) is 0 Å². The van der Waals surface area contributed by atoms with E-state index in [-0.39, 0.29) is 13.2 Å². The van der Waals surface area contributed by atoms with Crippen LogP contribution in [0.5, 0.6) is 0 Å². The van der Waals surface area contributed by atoms with Crippen LogP contribution in [-0.2, 0) is 23.7 Å². The number of unbranched alkanes of at least 4 members (excludes halogenated alkanes) is 13. The summed E-state index contributed by atoms with van der Waals surface area (Å²) in [6.07, 6.45) is 3.41. The molecule has 0 aromatic heterocycles. The van der Waals surface area contributed by atoms with Crippen molar-refractivity contribution in [2.24, 2.45) is 0 Å². The first kappa shape index (κ1) is 37.7. The molecule has 0 aromatic carbocycles. The highest BCUT2D eigenvalue weighted by molar-refractivity contribution is 4.94. The van der Waals surface area contributed by atoms with Crippen LogP contribution in [0.15, 0.2) is 0 Å². The summed E-state index contributed by atoms with van der Waals surface area (Å²) in [5.41, 5.74) is 0. The molecular weight excluding hydrogens is 552 g/mol. The second kappa shape index (κ2) is 22.1. The Kier molecular flexibility index (Phi) is 19.8. The lowest BCUT2D eigenvalue weighted by Crippen LogP contribution is -2.64. The van der Waals surface area contributed by atoms with Gasteiger partial charge in [0.25, 0.3) is 0 Å². The Morgan fingerprint density at radius 3 is 1.55 bits per heavy atom. The summed E-state index contributed by atoms with van der Waals surface area (Å²) in [6.45, 7) is 1.96.